The maximum Gasteiger partial charge on any atom is 0.247 e. The zero-order valence-corrected chi connectivity index (χ0v) is 15.5. The molecule has 3 aromatic carbocycles. The van der Waals surface area contributed by atoms with Gasteiger partial charge in [0, 0.05) is 11.1 Å². The molecule has 4 aromatic rings. The summed E-state index contributed by atoms with van der Waals surface area (Å²) in [4.78, 5) is 7.98. The zero-order valence-electron chi connectivity index (χ0n) is 15.5. The van der Waals surface area contributed by atoms with Crippen LogP contribution in [0.2, 0.25) is 0 Å². The summed E-state index contributed by atoms with van der Waals surface area (Å²) in [6, 6.07) is 27.7. The Morgan fingerprint density at radius 2 is 1.43 bits per heavy atom. The quantitative estimate of drug-likeness (QED) is 0.392. The Balaban J connectivity index is 1.67. The Kier molecular flexibility index (Phi) is 5.24. The average molecular weight is 368 g/mol. The Bertz CT molecular complexity index is 998. The normalized spacial score (nSPS) is 11.0. The first-order valence-corrected chi connectivity index (χ1v) is 9.19. The smallest absolute Gasteiger partial charge is 0.247 e. The van der Waals surface area contributed by atoms with Gasteiger partial charge in [-0.3, -0.25) is 0 Å². The zero-order chi connectivity index (χ0) is 19.2. The lowest BCUT2D eigenvalue weighted by atomic mass is 10.1. The number of hydrogen-bond acceptors (Lipinski definition) is 4. The highest BCUT2D eigenvalue weighted by atomic mass is 16.5. The molecule has 1 aromatic heterocycles. The van der Waals surface area contributed by atoms with Crippen molar-refractivity contribution >= 4 is 11.6 Å². The van der Waals surface area contributed by atoms with E-state index in [0.29, 0.717) is 12.6 Å². The van der Waals surface area contributed by atoms with Crippen LogP contribution in [0.15, 0.2) is 95.2 Å². The number of H-pyrrole nitrogens is 1. The molecule has 0 aliphatic heterocycles. The summed E-state index contributed by atoms with van der Waals surface area (Å²) in [5.74, 6) is 1.28. The molecular formula is C23H20N4O. The molecule has 28 heavy (non-hydrogen) atoms. The van der Waals surface area contributed by atoms with Crippen molar-refractivity contribution in [2.24, 2.45) is 10.2 Å². The van der Waals surface area contributed by atoms with Gasteiger partial charge < -0.3 is 9.72 Å². The van der Waals surface area contributed by atoms with Gasteiger partial charge >= 0.3 is 0 Å². The van der Waals surface area contributed by atoms with Gasteiger partial charge in [-0.2, -0.15) is 0 Å². The maximum absolute atomic E-state index is 5.45. The minimum absolute atomic E-state index is 0.464. The molecule has 0 spiro atoms. The number of imidazole rings is 1. The van der Waals surface area contributed by atoms with Crippen LogP contribution in [0, 0.1) is 0 Å². The topological polar surface area (TPSA) is 62.6 Å². The van der Waals surface area contributed by atoms with E-state index in [4.69, 9.17) is 4.74 Å². The molecule has 0 saturated heterocycles. The first kappa shape index (κ1) is 17.7. The highest BCUT2D eigenvalue weighted by molar-refractivity contribution is 5.79. The third-order valence-electron chi connectivity index (χ3n) is 4.21. The molecule has 0 amide bonds. The van der Waals surface area contributed by atoms with Gasteiger partial charge in [-0.1, -0.05) is 60.7 Å². The minimum atomic E-state index is 0.464. The second kappa shape index (κ2) is 8.31. The summed E-state index contributed by atoms with van der Waals surface area (Å²) in [6.07, 6.45) is 0. The molecule has 0 unspecified atom stereocenters. The van der Waals surface area contributed by atoms with E-state index in [1.54, 1.807) is 0 Å². The standard InChI is InChI=1S/C23H20N4O/c1-2-28-20-15-13-19(14-16-20)26-27-23-24-21(17-9-5-3-6-10-17)22(25-23)18-11-7-4-8-12-18/h3-16H,2H2,1H3,(H,24,25). The van der Waals surface area contributed by atoms with E-state index in [1.807, 2.05) is 91.9 Å². The van der Waals surface area contributed by atoms with Crippen LogP contribution in [-0.2, 0) is 0 Å². The third kappa shape index (κ3) is 3.99. The molecule has 0 aliphatic carbocycles. The molecule has 1 heterocycles. The third-order valence-corrected chi connectivity index (χ3v) is 4.21. The van der Waals surface area contributed by atoms with Crippen LogP contribution in [0.5, 0.6) is 5.75 Å². The fourth-order valence-corrected chi connectivity index (χ4v) is 2.91. The van der Waals surface area contributed by atoms with E-state index >= 15 is 0 Å². The SMILES string of the molecule is CCOc1ccc(N=Nc2nc(-c3ccccc3)c(-c3ccccc3)[nH]2)cc1. The Morgan fingerprint density at radius 1 is 0.786 bits per heavy atom. The first-order chi connectivity index (χ1) is 13.8. The summed E-state index contributed by atoms with van der Waals surface area (Å²) >= 11 is 0. The van der Waals surface area contributed by atoms with Crippen LogP contribution >= 0.6 is 0 Å². The molecule has 138 valence electrons. The molecule has 1 N–H and O–H groups in total. The number of benzene rings is 3. The summed E-state index contributed by atoms with van der Waals surface area (Å²) < 4.78 is 5.45. The number of ether oxygens (including phenoxy) is 1. The van der Waals surface area contributed by atoms with Crippen LogP contribution in [0.3, 0.4) is 0 Å². The van der Waals surface area contributed by atoms with Crippen molar-refractivity contribution < 1.29 is 4.74 Å². The van der Waals surface area contributed by atoms with E-state index in [9.17, 15) is 0 Å². The Hall–Kier alpha value is -3.73. The van der Waals surface area contributed by atoms with Crippen LogP contribution in [0.4, 0.5) is 11.6 Å². The Labute approximate surface area is 163 Å². The molecule has 5 heteroatoms. The van der Waals surface area contributed by atoms with E-state index in [0.717, 1.165) is 34.0 Å². The van der Waals surface area contributed by atoms with Gasteiger partial charge in [0.1, 0.15) is 5.75 Å². The number of hydrogen-bond donors (Lipinski definition) is 1. The van der Waals surface area contributed by atoms with E-state index in [-0.39, 0.29) is 0 Å². The summed E-state index contributed by atoms with van der Waals surface area (Å²) in [5.41, 5.74) is 4.60. The molecule has 0 atom stereocenters. The minimum Gasteiger partial charge on any atom is -0.494 e. The van der Waals surface area contributed by atoms with Gasteiger partial charge in [0.2, 0.25) is 5.95 Å². The van der Waals surface area contributed by atoms with Crippen molar-refractivity contribution in [3.63, 3.8) is 0 Å². The first-order valence-electron chi connectivity index (χ1n) is 9.19. The monoisotopic (exact) mass is 368 g/mol. The molecule has 0 saturated carbocycles. The van der Waals surface area contributed by atoms with Gasteiger partial charge in [-0.05, 0) is 31.2 Å². The van der Waals surface area contributed by atoms with Crippen LogP contribution in [-0.4, -0.2) is 16.6 Å². The van der Waals surface area contributed by atoms with E-state index in [2.05, 4.69) is 20.2 Å². The summed E-state index contributed by atoms with van der Waals surface area (Å²) in [7, 11) is 0. The van der Waals surface area contributed by atoms with Crippen molar-refractivity contribution in [2.45, 2.75) is 6.92 Å². The number of azo groups is 1. The summed E-state index contributed by atoms with van der Waals surface area (Å²) in [5, 5.41) is 8.60. The highest BCUT2D eigenvalue weighted by Crippen LogP contribution is 2.32. The molecule has 0 aliphatic rings. The molecular weight excluding hydrogens is 348 g/mol. The van der Waals surface area contributed by atoms with Crippen molar-refractivity contribution in [3.05, 3.63) is 84.9 Å². The predicted octanol–water partition coefficient (Wildman–Crippen LogP) is 6.56. The van der Waals surface area contributed by atoms with Crippen molar-refractivity contribution in [1.82, 2.24) is 9.97 Å². The van der Waals surface area contributed by atoms with Gasteiger partial charge in [0.05, 0.1) is 23.7 Å². The molecule has 0 radical (unpaired) electrons. The summed E-state index contributed by atoms with van der Waals surface area (Å²) in [6.45, 7) is 2.59. The van der Waals surface area contributed by atoms with Crippen LogP contribution in [0.1, 0.15) is 6.92 Å². The fraction of sp³-hybridized carbons (Fsp3) is 0.0870. The molecule has 0 bridgehead atoms. The number of nitrogens with one attached hydrogen (secondary N) is 1. The molecule has 0 fully saturated rings. The lowest BCUT2D eigenvalue weighted by Crippen LogP contribution is -1.89. The van der Waals surface area contributed by atoms with E-state index < -0.39 is 0 Å². The number of nitrogens with zero attached hydrogens (tertiary/aromatic N) is 3. The number of rotatable bonds is 6. The lowest BCUT2D eigenvalue weighted by molar-refractivity contribution is 0.340. The highest BCUT2D eigenvalue weighted by Gasteiger charge is 2.13. The van der Waals surface area contributed by atoms with Crippen LogP contribution < -0.4 is 4.74 Å². The number of aromatic nitrogens is 2. The van der Waals surface area contributed by atoms with E-state index in [1.165, 1.54) is 0 Å². The average Bonchev–Trinajstić information content (AvgIpc) is 3.19. The second-order valence-electron chi connectivity index (χ2n) is 6.14. The van der Waals surface area contributed by atoms with Crippen LogP contribution in [0.25, 0.3) is 22.5 Å². The lowest BCUT2D eigenvalue weighted by Gasteiger charge is -2.02. The van der Waals surface area contributed by atoms with Gasteiger partial charge in [0.25, 0.3) is 0 Å². The van der Waals surface area contributed by atoms with Crippen molar-refractivity contribution in [1.29, 1.82) is 0 Å². The van der Waals surface area contributed by atoms with Gasteiger partial charge in [-0.25, -0.2) is 4.98 Å². The van der Waals surface area contributed by atoms with Gasteiger partial charge in [-0.15, -0.1) is 10.2 Å². The Morgan fingerprint density at radius 3 is 2.07 bits per heavy atom. The predicted molar refractivity (Wildman–Crippen MR) is 111 cm³/mol. The second-order valence-corrected chi connectivity index (χ2v) is 6.14. The molecule has 4 rings (SSSR count). The maximum atomic E-state index is 5.45. The van der Waals surface area contributed by atoms with Gasteiger partial charge in [0.15, 0.2) is 0 Å². The molecule has 5 nitrogen and oxygen atoms in total. The largest absolute Gasteiger partial charge is 0.494 e. The number of aromatic amines is 1. The fourth-order valence-electron chi connectivity index (χ4n) is 2.91. The van der Waals surface area contributed by atoms with Crippen molar-refractivity contribution in [3.8, 4) is 28.3 Å². The van der Waals surface area contributed by atoms with Crippen molar-refractivity contribution in [2.75, 3.05) is 6.61 Å².